The minimum atomic E-state index is -0.273. The molecule has 1 amide bonds. The molecule has 1 saturated heterocycles. The summed E-state index contributed by atoms with van der Waals surface area (Å²) in [6.45, 7) is 2.74. The van der Waals surface area contributed by atoms with E-state index in [1.807, 2.05) is 23.1 Å². The van der Waals surface area contributed by atoms with Gasteiger partial charge >= 0.3 is 0 Å². The number of amides is 1. The Bertz CT molecular complexity index is 825. The summed E-state index contributed by atoms with van der Waals surface area (Å²) in [6.07, 6.45) is 1.74. The molecular weight excluding hydrogens is 345 g/mol. The molecule has 0 saturated carbocycles. The van der Waals surface area contributed by atoms with Crippen LogP contribution in [0.5, 0.6) is 0 Å². The number of nitrogens with zero attached hydrogens (tertiary/aromatic N) is 2. The fraction of sp³-hybridized carbons (Fsp3) is 0.381. The number of morpholine rings is 1. The summed E-state index contributed by atoms with van der Waals surface area (Å²) in [5.41, 5.74) is 10.0. The molecule has 2 heterocycles. The Morgan fingerprint density at radius 1 is 1.19 bits per heavy atom. The van der Waals surface area contributed by atoms with Crippen LogP contribution in [0.2, 0.25) is 0 Å². The van der Waals surface area contributed by atoms with E-state index >= 15 is 0 Å². The lowest BCUT2D eigenvalue weighted by Crippen LogP contribution is -2.47. The third-order valence-corrected chi connectivity index (χ3v) is 5.37. The highest BCUT2D eigenvalue weighted by Crippen LogP contribution is 2.31. The van der Waals surface area contributed by atoms with Gasteiger partial charge in [0.25, 0.3) is 0 Å². The van der Waals surface area contributed by atoms with Gasteiger partial charge in [-0.2, -0.15) is 0 Å². The van der Waals surface area contributed by atoms with Crippen molar-refractivity contribution in [3.8, 4) is 0 Å². The molecule has 1 atom stereocenters. The lowest BCUT2D eigenvalue weighted by Gasteiger charge is -2.36. The van der Waals surface area contributed by atoms with Crippen LogP contribution in [0.4, 0.5) is 15.8 Å². The van der Waals surface area contributed by atoms with E-state index in [1.54, 1.807) is 12.1 Å². The zero-order valence-electron chi connectivity index (χ0n) is 15.2. The van der Waals surface area contributed by atoms with Crippen molar-refractivity contribution in [2.75, 3.05) is 43.4 Å². The summed E-state index contributed by atoms with van der Waals surface area (Å²) in [5.74, 6) is -0.189. The molecule has 1 fully saturated rings. The second-order valence-corrected chi connectivity index (χ2v) is 7.12. The van der Waals surface area contributed by atoms with Crippen LogP contribution in [0.1, 0.15) is 23.7 Å². The van der Waals surface area contributed by atoms with Gasteiger partial charge in [0.05, 0.1) is 19.7 Å². The molecule has 2 aliphatic heterocycles. The van der Waals surface area contributed by atoms with Gasteiger partial charge in [0.15, 0.2) is 0 Å². The largest absolute Gasteiger partial charge is 0.398 e. The molecule has 0 spiro atoms. The van der Waals surface area contributed by atoms with Crippen molar-refractivity contribution in [2.24, 2.45) is 0 Å². The van der Waals surface area contributed by atoms with Crippen molar-refractivity contribution in [3.05, 3.63) is 59.4 Å². The number of halogens is 1. The summed E-state index contributed by atoms with van der Waals surface area (Å²) in [7, 11) is 0. The molecule has 0 bridgehead atoms. The molecule has 4 rings (SSSR count). The van der Waals surface area contributed by atoms with Crippen LogP contribution in [0.3, 0.4) is 0 Å². The van der Waals surface area contributed by atoms with Crippen LogP contribution in [0.15, 0.2) is 42.5 Å². The van der Waals surface area contributed by atoms with Crippen molar-refractivity contribution >= 4 is 17.3 Å². The van der Waals surface area contributed by atoms with Crippen molar-refractivity contribution in [1.29, 1.82) is 0 Å². The van der Waals surface area contributed by atoms with Gasteiger partial charge in [-0.25, -0.2) is 4.39 Å². The summed E-state index contributed by atoms with van der Waals surface area (Å²) in [4.78, 5) is 16.9. The lowest BCUT2D eigenvalue weighted by molar-refractivity contribution is -0.137. The zero-order chi connectivity index (χ0) is 18.8. The SMILES string of the molecule is Nc1cccc2c1CCCN2CC(=O)N1CCOC(c2ccc(F)cc2)C1. The second kappa shape index (κ2) is 7.56. The molecule has 142 valence electrons. The minimum absolute atomic E-state index is 0.0840. The van der Waals surface area contributed by atoms with Crippen molar-refractivity contribution in [2.45, 2.75) is 18.9 Å². The highest BCUT2D eigenvalue weighted by molar-refractivity contribution is 5.83. The molecule has 0 aromatic heterocycles. The number of fused-ring (bicyclic) bond motifs is 1. The van der Waals surface area contributed by atoms with Gasteiger partial charge in [0.1, 0.15) is 11.9 Å². The number of nitrogens with two attached hydrogens (primary N) is 1. The van der Waals surface area contributed by atoms with Gasteiger partial charge in [-0.1, -0.05) is 18.2 Å². The Morgan fingerprint density at radius 3 is 2.81 bits per heavy atom. The third-order valence-electron chi connectivity index (χ3n) is 5.37. The first kappa shape index (κ1) is 17.8. The average molecular weight is 369 g/mol. The van der Waals surface area contributed by atoms with Crippen molar-refractivity contribution in [1.82, 2.24) is 4.90 Å². The van der Waals surface area contributed by atoms with Gasteiger partial charge in [-0.15, -0.1) is 0 Å². The van der Waals surface area contributed by atoms with E-state index < -0.39 is 0 Å². The van der Waals surface area contributed by atoms with Gasteiger partial charge in [0.2, 0.25) is 5.91 Å². The molecule has 2 aliphatic rings. The molecule has 5 nitrogen and oxygen atoms in total. The first-order valence-electron chi connectivity index (χ1n) is 9.39. The first-order valence-corrected chi connectivity index (χ1v) is 9.39. The average Bonchev–Trinajstić information content (AvgIpc) is 2.69. The van der Waals surface area contributed by atoms with Crippen LogP contribution in [-0.4, -0.2) is 43.6 Å². The maximum Gasteiger partial charge on any atom is 0.242 e. The van der Waals surface area contributed by atoms with E-state index in [1.165, 1.54) is 12.1 Å². The number of hydrogen-bond donors (Lipinski definition) is 1. The zero-order valence-corrected chi connectivity index (χ0v) is 15.2. The Kier molecular flexibility index (Phi) is 4.99. The standard InChI is InChI=1S/C21H24FN3O2/c22-16-8-6-15(7-9-16)20-13-25(11-12-27-20)21(26)14-24-10-2-3-17-18(23)4-1-5-19(17)24/h1,4-9,20H,2-3,10-14,23H2. The Hall–Kier alpha value is -2.60. The van der Waals surface area contributed by atoms with E-state index in [9.17, 15) is 9.18 Å². The van der Waals surface area contributed by atoms with E-state index in [2.05, 4.69) is 4.90 Å². The van der Waals surface area contributed by atoms with Crippen molar-refractivity contribution < 1.29 is 13.9 Å². The van der Waals surface area contributed by atoms with Gasteiger partial charge in [0, 0.05) is 24.5 Å². The van der Waals surface area contributed by atoms with Crippen LogP contribution < -0.4 is 10.6 Å². The summed E-state index contributed by atoms with van der Waals surface area (Å²) in [6, 6.07) is 12.2. The van der Waals surface area contributed by atoms with E-state index in [4.69, 9.17) is 10.5 Å². The van der Waals surface area contributed by atoms with Crippen LogP contribution in [-0.2, 0) is 16.0 Å². The Labute approximate surface area is 158 Å². The second-order valence-electron chi connectivity index (χ2n) is 7.12. The maximum absolute atomic E-state index is 13.1. The fourth-order valence-corrected chi connectivity index (χ4v) is 3.91. The third kappa shape index (κ3) is 3.76. The van der Waals surface area contributed by atoms with Crippen molar-refractivity contribution in [3.63, 3.8) is 0 Å². The quantitative estimate of drug-likeness (QED) is 0.846. The number of carbonyl (C=O) groups excluding carboxylic acids is 1. The monoisotopic (exact) mass is 369 g/mol. The number of anilines is 2. The molecule has 2 aromatic rings. The normalized spacial score (nSPS) is 19.7. The predicted octanol–water partition coefficient (Wildman–Crippen LogP) is 2.76. The summed E-state index contributed by atoms with van der Waals surface area (Å²) < 4.78 is 18.9. The molecule has 0 aliphatic carbocycles. The van der Waals surface area contributed by atoms with E-state index in [0.717, 1.165) is 41.9 Å². The minimum Gasteiger partial charge on any atom is -0.398 e. The molecule has 0 radical (unpaired) electrons. The van der Waals surface area contributed by atoms with E-state index in [0.29, 0.717) is 26.2 Å². The number of benzene rings is 2. The van der Waals surface area contributed by atoms with Crippen LogP contribution in [0.25, 0.3) is 0 Å². The maximum atomic E-state index is 13.1. The summed E-state index contributed by atoms with van der Waals surface area (Å²) >= 11 is 0. The van der Waals surface area contributed by atoms with Gasteiger partial charge in [-0.3, -0.25) is 4.79 Å². The fourth-order valence-electron chi connectivity index (χ4n) is 3.91. The van der Waals surface area contributed by atoms with Crippen LogP contribution in [0, 0.1) is 5.82 Å². The number of carbonyl (C=O) groups is 1. The topological polar surface area (TPSA) is 58.8 Å². The number of hydrogen-bond acceptors (Lipinski definition) is 4. The molecule has 2 N–H and O–H groups in total. The van der Waals surface area contributed by atoms with Gasteiger partial charge in [-0.05, 0) is 48.2 Å². The molecule has 6 heteroatoms. The number of rotatable bonds is 3. The van der Waals surface area contributed by atoms with Gasteiger partial charge < -0.3 is 20.3 Å². The van der Waals surface area contributed by atoms with E-state index in [-0.39, 0.29) is 17.8 Å². The first-order chi connectivity index (χ1) is 13.1. The molecule has 2 aromatic carbocycles. The summed E-state index contributed by atoms with van der Waals surface area (Å²) in [5, 5.41) is 0. The number of ether oxygens (including phenoxy) is 1. The Balaban J connectivity index is 1.44. The lowest BCUT2D eigenvalue weighted by atomic mass is 10.00. The Morgan fingerprint density at radius 2 is 2.00 bits per heavy atom. The van der Waals surface area contributed by atoms with Crippen LogP contribution >= 0.6 is 0 Å². The highest BCUT2D eigenvalue weighted by Gasteiger charge is 2.28. The number of nitrogen functional groups attached to an aromatic ring is 1. The molecule has 1 unspecified atom stereocenters. The predicted molar refractivity (Wildman–Crippen MR) is 103 cm³/mol. The highest BCUT2D eigenvalue weighted by atomic mass is 19.1. The molecule has 27 heavy (non-hydrogen) atoms. The molecular formula is C21H24FN3O2. The smallest absolute Gasteiger partial charge is 0.242 e.